The van der Waals surface area contributed by atoms with Crippen LogP contribution in [-0.4, -0.2) is 41.9 Å². The molecule has 1 saturated heterocycles. The van der Waals surface area contributed by atoms with Gasteiger partial charge in [0.15, 0.2) is 0 Å². The third-order valence-electron chi connectivity index (χ3n) is 4.04. The number of rotatable bonds is 3. The van der Waals surface area contributed by atoms with Crippen molar-refractivity contribution in [3.05, 3.63) is 39.3 Å². The van der Waals surface area contributed by atoms with Gasteiger partial charge in [-0.15, -0.1) is 11.3 Å². The number of likely N-dealkylation sites (N-methyl/N-ethyl adjacent to an activating group) is 1. The second-order valence-corrected chi connectivity index (χ2v) is 6.55. The number of fused-ring (bicyclic) bond motifs is 1. The maximum Gasteiger partial charge on any atom is 0.270 e. The lowest BCUT2D eigenvalue weighted by Crippen LogP contribution is -2.46. The monoisotopic (exact) mass is 319 g/mol. The maximum absolute atomic E-state index is 12.6. The molecule has 2 aromatic rings. The smallest absolute Gasteiger partial charge is 0.270 e. The minimum absolute atomic E-state index is 0.0174. The van der Waals surface area contributed by atoms with E-state index in [1.165, 1.54) is 23.5 Å². The molecule has 6 nitrogen and oxygen atoms in total. The summed E-state index contributed by atoms with van der Waals surface area (Å²) in [4.78, 5) is 25.5. The molecule has 1 amide bonds. The number of amides is 1. The fraction of sp³-hybridized carbons (Fsp3) is 0.400. The Morgan fingerprint density at radius 3 is 3.00 bits per heavy atom. The van der Waals surface area contributed by atoms with Gasteiger partial charge in [0.25, 0.3) is 11.6 Å². The van der Waals surface area contributed by atoms with Gasteiger partial charge >= 0.3 is 0 Å². The minimum atomic E-state index is -0.416. The van der Waals surface area contributed by atoms with Gasteiger partial charge < -0.3 is 10.2 Å². The van der Waals surface area contributed by atoms with Crippen LogP contribution >= 0.6 is 11.3 Å². The van der Waals surface area contributed by atoms with E-state index in [2.05, 4.69) is 5.32 Å². The van der Waals surface area contributed by atoms with Crippen molar-refractivity contribution in [2.24, 2.45) is 0 Å². The highest BCUT2D eigenvalue weighted by molar-refractivity contribution is 7.20. The van der Waals surface area contributed by atoms with Crippen LogP contribution < -0.4 is 5.32 Å². The van der Waals surface area contributed by atoms with Crippen molar-refractivity contribution >= 4 is 33.0 Å². The van der Waals surface area contributed by atoms with Crippen LogP contribution in [0.3, 0.4) is 0 Å². The Balaban J connectivity index is 1.86. The number of nitrogens with one attached hydrogen (secondary N) is 1. The predicted molar refractivity (Wildman–Crippen MR) is 86.5 cm³/mol. The Hall–Kier alpha value is -1.99. The van der Waals surface area contributed by atoms with Gasteiger partial charge in [-0.05, 0) is 32.0 Å². The lowest BCUT2D eigenvalue weighted by molar-refractivity contribution is -0.384. The van der Waals surface area contributed by atoms with Crippen molar-refractivity contribution in [1.82, 2.24) is 10.2 Å². The van der Waals surface area contributed by atoms with E-state index in [9.17, 15) is 14.9 Å². The summed E-state index contributed by atoms with van der Waals surface area (Å²) in [6, 6.07) is 6.81. The molecule has 22 heavy (non-hydrogen) atoms. The average Bonchev–Trinajstić information content (AvgIpc) is 2.97. The normalized spacial score (nSPS) is 18.6. The van der Waals surface area contributed by atoms with Gasteiger partial charge in [0.05, 0.1) is 9.80 Å². The Morgan fingerprint density at radius 1 is 1.45 bits per heavy atom. The summed E-state index contributed by atoms with van der Waals surface area (Å²) in [6.45, 7) is 1.48. The number of carbonyl (C=O) groups excluding carboxylic acids is 1. The van der Waals surface area contributed by atoms with Crippen LogP contribution in [0.2, 0.25) is 0 Å². The zero-order valence-electron chi connectivity index (χ0n) is 12.2. The Labute approximate surface area is 131 Å². The molecule has 1 aliphatic heterocycles. The van der Waals surface area contributed by atoms with Crippen molar-refractivity contribution in [3.8, 4) is 0 Å². The first-order valence-corrected chi connectivity index (χ1v) is 8.04. The maximum atomic E-state index is 12.6. The zero-order chi connectivity index (χ0) is 15.7. The van der Waals surface area contributed by atoms with E-state index in [4.69, 9.17) is 0 Å². The molecule has 0 bridgehead atoms. The molecule has 1 unspecified atom stereocenters. The molecule has 0 spiro atoms. The standard InChI is InChI=1S/C15H17N3O3S/c1-16-11-3-2-6-17(9-11)15(19)14-8-10-7-12(18(20)21)4-5-13(10)22-14/h4-5,7-8,11,16H,2-3,6,9H2,1H3. The number of nitro benzene ring substituents is 1. The summed E-state index contributed by atoms with van der Waals surface area (Å²) in [5.41, 5.74) is 0.0533. The first-order valence-electron chi connectivity index (χ1n) is 7.23. The minimum Gasteiger partial charge on any atom is -0.336 e. The number of non-ortho nitro benzene ring substituents is 1. The highest BCUT2D eigenvalue weighted by Crippen LogP contribution is 2.30. The molecule has 116 valence electrons. The highest BCUT2D eigenvalue weighted by atomic mass is 32.1. The molecule has 7 heteroatoms. The van der Waals surface area contributed by atoms with E-state index >= 15 is 0 Å². The van der Waals surface area contributed by atoms with Crippen LogP contribution in [0.25, 0.3) is 10.1 Å². The molecular weight excluding hydrogens is 302 g/mol. The molecule has 0 radical (unpaired) electrons. The SMILES string of the molecule is CNC1CCCN(C(=O)c2cc3cc([N+](=O)[O-])ccc3s2)C1. The van der Waals surface area contributed by atoms with Gasteiger partial charge in [0.1, 0.15) is 0 Å². The van der Waals surface area contributed by atoms with Crippen LogP contribution in [0.1, 0.15) is 22.5 Å². The first-order chi connectivity index (χ1) is 10.6. The predicted octanol–water partition coefficient (Wildman–Crippen LogP) is 2.63. The van der Waals surface area contributed by atoms with Gasteiger partial charge in [-0.3, -0.25) is 14.9 Å². The van der Waals surface area contributed by atoms with Gasteiger partial charge in [-0.2, -0.15) is 0 Å². The number of thiophene rings is 1. The van der Waals surface area contributed by atoms with Crippen LogP contribution in [-0.2, 0) is 0 Å². The van der Waals surface area contributed by atoms with Crippen molar-refractivity contribution < 1.29 is 9.72 Å². The quantitative estimate of drug-likeness (QED) is 0.697. The van der Waals surface area contributed by atoms with Gasteiger partial charge in [-0.25, -0.2) is 0 Å². The van der Waals surface area contributed by atoms with Crippen LogP contribution in [0.4, 0.5) is 5.69 Å². The molecule has 1 aliphatic rings. The Bertz CT molecular complexity index is 728. The summed E-state index contributed by atoms with van der Waals surface area (Å²) in [6.07, 6.45) is 2.08. The summed E-state index contributed by atoms with van der Waals surface area (Å²) < 4.78 is 0.899. The second-order valence-electron chi connectivity index (χ2n) is 5.47. The number of benzene rings is 1. The molecule has 1 fully saturated rings. The summed E-state index contributed by atoms with van der Waals surface area (Å²) >= 11 is 1.39. The fourth-order valence-electron chi connectivity index (χ4n) is 2.80. The van der Waals surface area contributed by atoms with E-state index in [-0.39, 0.29) is 11.6 Å². The summed E-state index contributed by atoms with van der Waals surface area (Å²) in [5, 5.41) is 14.8. The van der Waals surface area contributed by atoms with Crippen molar-refractivity contribution in [3.63, 3.8) is 0 Å². The summed E-state index contributed by atoms with van der Waals surface area (Å²) in [5.74, 6) is 0.0174. The van der Waals surface area contributed by atoms with Gasteiger partial charge in [0, 0.05) is 41.4 Å². The van der Waals surface area contributed by atoms with Crippen LogP contribution in [0, 0.1) is 10.1 Å². The molecule has 1 N–H and O–H groups in total. The number of likely N-dealkylation sites (tertiary alicyclic amines) is 1. The molecule has 3 rings (SSSR count). The van der Waals surface area contributed by atoms with Crippen molar-refractivity contribution in [2.75, 3.05) is 20.1 Å². The highest BCUT2D eigenvalue weighted by Gasteiger charge is 2.24. The topological polar surface area (TPSA) is 75.5 Å². The van der Waals surface area contributed by atoms with Gasteiger partial charge in [-0.1, -0.05) is 0 Å². The number of piperidine rings is 1. The molecule has 1 aromatic heterocycles. The van der Waals surface area contributed by atoms with E-state index in [1.807, 2.05) is 11.9 Å². The van der Waals surface area contributed by atoms with E-state index < -0.39 is 4.92 Å². The first kappa shape index (κ1) is 14.9. The number of hydrogen-bond acceptors (Lipinski definition) is 5. The third kappa shape index (κ3) is 2.82. The number of nitrogens with zero attached hydrogens (tertiary/aromatic N) is 2. The molecule has 1 atom stereocenters. The van der Waals surface area contributed by atoms with Gasteiger partial charge in [0.2, 0.25) is 0 Å². The molecule has 0 saturated carbocycles. The lowest BCUT2D eigenvalue weighted by Gasteiger charge is -2.32. The van der Waals surface area contributed by atoms with E-state index in [0.29, 0.717) is 17.5 Å². The zero-order valence-corrected chi connectivity index (χ0v) is 13.1. The van der Waals surface area contributed by atoms with Crippen LogP contribution in [0.5, 0.6) is 0 Å². The Morgan fingerprint density at radius 2 is 2.27 bits per heavy atom. The average molecular weight is 319 g/mol. The third-order valence-corrected chi connectivity index (χ3v) is 5.14. The van der Waals surface area contributed by atoms with E-state index in [1.54, 1.807) is 12.1 Å². The second kappa shape index (κ2) is 6.02. The molecule has 0 aliphatic carbocycles. The fourth-order valence-corrected chi connectivity index (χ4v) is 3.81. The number of nitro groups is 1. The Kier molecular flexibility index (Phi) is 4.08. The van der Waals surface area contributed by atoms with Crippen molar-refractivity contribution in [1.29, 1.82) is 0 Å². The summed E-state index contributed by atoms with van der Waals surface area (Å²) in [7, 11) is 1.91. The molecule has 2 heterocycles. The lowest BCUT2D eigenvalue weighted by atomic mass is 10.1. The molecular formula is C15H17N3O3S. The van der Waals surface area contributed by atoms with Crippen LogP contribution in [0.15, 0.2) is 24.3 Å². The molecule has 1 aromatic carbocycles. The number of hydrogen-bond donors (Lipinski definition) is 1. The van der Waals surface area contributed by atoms with Crippen molar-refractivity contribution in [2.45, 2.75) is 18.9 Å². The largest absolute Gasteiger partial charge is 0.336 e. The number of carbonyl (C=O) groups is 1. The van der Waals surface area contributed by atoms with E-state index in [0.717, 1.165) is 29.5 Å².